The van der Waals surface area contributed by atoms with Gasteiger partial charge in [-0.3, -0.25) is 19.2 Å². The Morgan fingerprint density at radius 1 is 1.33 bits per heavy atom. The van der Waals surface area contributed by atoms with Crippen LogP contribution in [0.4, 0.5) is 0 Å². The lowest BCUT2D eigenvalue weighted by Gasteiger charge is -2.29. The summed E-state index contributed by atoms with van der Waals surface area (Å²) < 4.78 is 0. The number of rotatable bonds is 6. The lowest BCUT2D eigenvalue weighted by atomic mass is 10.0. The van der Waals surface area contributed by atoms with Crippen LogP contribution < -0.4 is 16.4 Å². The van der Waals surface area contributed by atoms with E-state index in [0.717, 1.165) is 6.42 Å². The molecule has 2 rings (SSSR count). The van der Waals surface area contributed by atoms with Crippen molar-refractivity contribution in [2.45, 2.75) is 64.1 Å². The number of nitrogens with one attached hydrogen (secondary N) is 2. The van der Waals surface area contributed by atoms with Gasteiger partial charge < -0.3 is 21.3 Å². The van der Waals surface area contributed by atoms with Gasteiger partial charge in [-0.15, -0.1) is 0 Å². The summed E-state index contributed by atoms with van der Waals surface area (Å²) in [6.07, 6.45) is 2.49. The van der Waals surface area contributed by atoms with Crippen molar-refractivity contribution in [2.24, 2.45) is 11.7 Å². The number of nitrogens with two attached hydrogens (primary N) is 1. The quantitative estimate of drug-likeness (QED) is 0.591. The largest absolute Gasteiger partial charge is 0.368 e. The summed E-state index contributed by atoms with van der Waals surface area (Å²) in [5, 5.41) is 5.35. The van der Waals surface area contributed by atoms with Gasteiger partial charge >= 0.3 is 0 Å². The highest BCUT2D eigenvalue weighted by molar-refractivity contribution is 5.95. The minimum Gasteiger partial charge on any atom is -0.368 e. The standard InChI is InChI=1S/C16H26N4O4/c1-9(2)8-11(19-15(23)10-5-6-13(21)18-10)16(24)20-7-3-4-12(20)14(17)22/h9-12H,3-8H2,1-2H3,(H2,17,22)(H,18,21)(H,19,23)/t10-,11+,12+/m1/s1. The Morgan fingerprint density at radius 2 is 2.04 bits per heavy atom. The Kier molecular flexibility index (Phi) is 5.80. The zero-order valence-electron chi connectivity index (χ0n) is 14.2. The summed E-state index contributed by atoms with van der Waals surface area (Å²) in [5.74, 6) is -1.11. The number of amides is 4. The minimum atomic E-state index is -0.713. The number of likely N-dealkylation sites (tertiary alicyclic amines) is 1. The van der Waals surface area contributed by atoms with Crippen LogP contribution in [0.1, 0.15) is 46.0 Å². The van der Waals surface area contributed by atoms with Crippen molar-refractivity contribution in [3.05, 3.63) is 0 Å². The first kappa shape index (κ1) is 18.2. The normalized spacial score (nSPS) is 24.8. The smallest absolute Gasteiger partial charge is 0.245 e. The molecular weight excluding hydrogens is 312 g/mol. The van der Waals surface area contributed by atoms with E-state index in [2.05, 4.69) is 10.6 Å². The van der Waals surface area contributed by atoms with E-state index in [4.69, 9.17) is 5.73 Å². The van der Waals surface area contributed by atoms with Crippen molar-refractivity contribution in [3.63, 3.8) is 0 Å². The van der Waals surface area contributed by atoms with Gasteiger partial charge in [0.05, 0.1) is 0 Å². The second-order valence-electron chi connectivity index (χ2n) is 6.94. The van der Waals surface area contributed by atoms with E-state index in [1.165, 1.54) is 4.90 Å². The Morgan fingerprint density at radius 3 is 2.58 bits per heavy atom. The summed E-state index contributed by atoms with van der Waals surface area (Å²) in [7, 11) is 0. The summed E-state index contributed by atoms with van der Waals surface area (Å²) in [6, 6.07) is -1.91. The van der Waals surface area contributed by atoms with Crippen LogP contribution >= 0.6 is 0 Å². The van der Waals surface area contributed by atoms with Gasteiger partial charge in [-0.1, -0.05) is 13.8 Å². The molecule has 0 aromatic carbocycles. The van der Waals surface area contributed by atoms with Crippen molar-refractivity contribution >= 4 is 23.6 Å². The van der Waals surface area contributed by atoms with Crippen molar-refractivity contribution in [1.82, 2.24) is 15.5 Å². The van der Waals surface area contributed by atoms with E-state index in [-0.39, 0.29) is 23.6 Å². The molecular formula is C16H26N4O4. The van der Waals surface area contributed by atoms with Gasteiger partial charge in [0.2, 0.25) is 23.6 Å². The molecule has 4 N–H and O–H groups in total. The first-order valence-electron chi connectivity index (χ1n) is 8.49. The average molecular weight is 338 g/mol. The molecule has 8 heteroatoms. The van der Waals surface area contributed by atoms with E-state index in [1.54, 1.807) is 0 Å². The van der Waals surface area contributed by atoms with Crippen molar-refractivity contribution in [1.29, 1.82) is 0 Å². The third kappa shape index (κ3) is 4.24. The van der Waals surface area contributed by atoms with E-state index in [9.17, 15) is 19.2 Å². The minimum absolute atomic E-state index is 0.157. The first-order chi connectivity index (χ1) is 11.3. The number of carbonyl (C=O) groups is 4. The van der Waals surface area contributed by atoms with Crippen molar-refractivity contribution in [3.8, 4) is 0 Å². The fourth-order valence-corrected chi connectivity index (χ4v) is 3.30. The maximum Gasteiger partial charge on any atom is 0.245 e. The molecule has 0 aliphatic carbocycles. The zero-order chi connectivity index (χ0) is 17.9. The van der Waals surface area contributed by atoms with Crippen LogP contribution in [0.25, 0.3) is 0 Å². The van der Waals surface area contributed by atoms with E-state index in [1.807, 2.05) is 13.8 Å². The fourth-order valence-electron chi connectivity index (χ4n) is 3.30. The van der Waals surface area contributed by atoms with Gasteiger partial charge in [-0.25, -0.2) is 0 Å². The summed E-state index contributed by atoms with van der Waals surface area (Å²) >= 11 is 0. The second-order valence-corrected chi connectivity index (χ2v) is 6.94. The van der Waals surface area contributed by atoms with Crippen LogP contribution in [-0.4, -0.2) is 53.2 Å². The molecule has 2 heterocycles. The van der Waals surface area contributed by atoms with E-state index < -0.39 is 24.0 Å². The average Bonchev–Trinajstić information content (AvgIpc) is 3.13. The van der Waals surface area contributed by atoms with Gasteiger partial charge in [0.1, 0.15) is 18.1 Å². The summed E-state index contributed by atoms with van der Waals surface area (Å²) in [6.45, 7) is 4.38. The van der Waals surface area contributed by atoms with Gasteiger partial charge in [-0.2, -0.15) is 0 Å². The van der Waals surface area contributed by atoms with Crippen molar-refractivity contribution < 1.29 is 19.2 Å². The van der Waals surface area contributed by atoms with E-state index >= 15 is 0 Å². The Hall–Kier alpha value is -2.12. The third-order valence-electron chi connectivity index (χ3n) is 4.50. The molecule has 2 saturated heterocycles. The number of hydrogen-bond acceptors (Lipinski definition) is 4. The molecule has 0 radical (unpaired) electrons. The Labute approximate surface area is 141 Å². The van der Waals surface area contributed by atoms with Gasteiger partial charge in [0.25, 0.3) is 0 Å². The lowest BCUT2D eigenvalue weighted by Crippen LogP contribution is -2.55. The molecule has 0 bridgehead atoms. The molecule has 0 saturated carbocycles. The van der Waals surface area contributed by atoms with Crippen LogP contribution in [0.2, 0.25) is 0 Å². The molecule has 2 aliphatic heterocycles. The molecule has 0 unspecified atom stereocenters. The van der Waals surface area contributed by atoms with Crippen LogP contribution in [-0.2, 0) is 19.2 Å². The van der Waals surface area contributed by atoms with Gasteiger partial charge in [-0.05, 0) is 31.6 Å². The highest BCUT2D eigenvalue weighted by atomic mass is 16.2. The molecule has 0 spiro atoms. The van der Waals surface area contributed by atoms with Crippen LogP contribution in [0.3, 0.4) is 0 Å². The highest BCUT2D eigenvalue weighted by Crippen LogP contribution is 2.20. The number of nitrogens with zero attached hydrogens (tertiary/aromatic N) is 1. The van der Waals surface area contributed by atoms with Crippen LogP contribution in [0.15, 0.2) is 0 Å². The van der Waals surface area contributed by atoms with Gasteiger partial charge in [0, 0.05) is 13.0 Å². The molecule has 4 amide bonds. The molecule has 8 nitrogen and oxygen atoms in total. The molecule has 24 heavy (non-hydrogen) atoms. The number of hydrogen-bond donors (Lipinski definition) is 3. The molecule has 134 valence electrons. The molecule has 3 atom stereocenters. The molecule has 0 aromatic rings. The topological polar surface area (TPSA) is 122 Å². The van der Waals surface area contributed by atoms with Gasteiger partial charge in [0.15, 0.2) is 0 Å². The maximum absolute atomic E-state index is 12.8. The highest BCUT2D eigenvalue weighted by Gasteiger charge is 2.38. The first-order valence-corrected chi connectivity index (χ1v) is 8.49. The Balaban J connectivity index is 2.06. The molecule has 0 aromatic heterocycles. The monoisotopic (exact) mass is 338 g/mol. The third-order valence-corrected chi connectivity index (χ3v) is 4.50. The predicted octanol–water partition coefficient (Wildman–Crippen LogP) is -0.728. The predicted molar refractivity (Wildman–Crippen MR) is 86.5 cm³/mol. The lowest BCUT2D eigenvalue weighted by molar-refractivity contribution is -0.141. The molecule has 2 aliphatic rings. The second kappa shape index (κ2) is 7.63. The SMILES string of the molecule is CC(C)C[C@H](NC(=O)[C@H]1CCC(=O)N1)C(=O)N1CCC[C@H]1C(N)=O. The number of carbonyl (C=O) groups excluding carboxylic acids is 4. The summed E-state index contributed by atoms with van der Waals surface area (Å²) in [4.78, 5) is 49.4. The van der Waals surface area contributed by atoms with Crippen LogP contribution in [0, 0.1) is 5.92 Å². The number of primary amides is 1. The fraction of sp³-hybridized carbons (Fsp3) is 0.750. The Bertz CT molecular complexity index is 534. The van der Waals surface area contributed by atoms with Crippen LogP contribution in [0.5, 0.6) is 0 Å². The zero-order valence-corrected chi connectivity index (χ0v) is 14.2. The summed E-state index contributed by atoms with van der Waals surface area (Å²) in [5.41, 5.74) is 5.38. The molecule has 2 fully saturated rings. The van der Waals surface area contributed by atoms with Crippen molar-refractivity contribution in [2.75, 3.05) is 6.54 Å². The van der Waals surface area contributed by atoms with E-state index in [0.29, 0.717) is 32.2 Å². The maximum atomic E-state index is 12.8.